The lowest BCUT2D eigenvalue weighted by molar-refractivity contribution is -0.142. The van der Waals surface area contributed by atoms with Gasteiger partial charge in [-0.2, -0.15) is 0 Å². The quantitative estimate of drug-likeness (QED) is 0.537. The van der Waals surface area contributed by atoms with Crippen LogP contribution >= 0.6 is 15.9 Å². The average Bonchev–Trinajstić information content (AvgIpc) is 2.75. The van der Waals surface area contributed by atoms with Gasteiger partial charge < -0.3 is 19.7 Å². The molecule has 7 heteroatoms. The molecular weight excluding hydrogens is 460 g/mol. The van der Waals surface area contributed by atoms with Crippen LogP contribution in [0.2, 0.25) is 0 Å². The Morgan fingerprint density at radius 2 is 1.71 bits per heavy atom. The van der Waals surface area contributed by atoms with Gasteiger partial charge >= 0.3 is 0 Å². The minimum atomic E-state index is -0.647. The molecule has 0 aliphatic rings. The van der Waals surface area contributed by atoms with Crippen molar-refractivity contribution in [3.05, 3.63) is 58.1 Å². The van der Waals surface area contributed by atoms with Gasteiger partial charge in [0.05, 0.1) is 11.6 Å². The maximum absolute atomic E-state index is 13.1. The topological polar surface area (TPSA) is 67.9 Å². The van der Waals surface area contributed by atoms with Crippen molar-refractivity contribution in [3.8, 4) is 11.5 Å². The summed E-state index contributed by atoms with van der Waals surface area (Å²) in [6.07, 6.45) is 0.913. The smallest absolute Gasteiger partial charge is 0.261 e. The second-order valence-electron chi connectivity index (χ2n) is 7.62. The first-order chi connectivity index (χ1) is 14.7. The molecule has 0 aliphatic carbocycles. The predicted molar refractivity (Wildman–Crippen MR) is 125 cm³/mol. The van der Waals surface area contributed by atoms with Gasteiger partial charge in [0.25, 0.3) is 5.91 Å². The molecule has 2 aromatic rings. The molecule has 0 bridgehead atoms. The van der Waals surface area contributed by atoms with Crippen LogP contribution in [-0.4, -0.2) is 42.5 Å². The SMILES string of the molecule is CCc1ccc(OCC(=O)N(Cc2ccc(OC)cc2)[C@H](C)C(=O)NC(C)C)c(Br)c1. The number of amides is 2. The Bertz CT molecular complexity index is 884. The third-order valence-electron chi connectivity index (χ3n) is 4.87. The van der Waals surface area contributed by atoms with Gasteiger partial charge in [-0.05, 0) is 78.5 Å². The highest BCUT2D eigenvalue weighted by molar-refractivity contribution is 9.10. The van der Waals surface area contributed by atoms with E-state index in [-0.39, 0.29) is 31.0 Å². The number of nitrogens with zero attached hydrogens (tertiary/aromatic N) is 1. The van der Waals surface area contributed by atoms with E-state index in [0.29, 0.717) is 5.75 Å². The summed E-state index contributed by atoms with van der Waals surface area (Å²) in [5, 5.41) is 2.88. The molecule has 0 unspecified atom stereocenters. The molecule has 2 amide bonds. The van der Waals surface area contributed by atoms with E-state index in [2.05, 4.69) is 28.2 Å². The number of ether oxygens (including phenoxy) is 2. The summed E-state index contributed by atoms with van der Waals surface area (Å²) >= 11 is 3.50. The molecule has 2 rings (SSSR count). The monoisotopic (exact) mass is 490 g/mol. The first-order valence-corrected chi connectivity index (χ1v) is 11.2. The van der Waals surface area contributed by atoms with Crippen LogP contribution < -0.4 is 14.8 Å². The van der Waals surface area contributed by atoms with Crippen LogP contribution in [-0.2, 0) is 22.6 Å². The molecular formula is C24H31BrN2O4. The van der Waals surface area contributed by atoms with Crippen molar-refractivity contribution < 1.29 is 19.1 Å². The zero-order valence-corrected chi connectivity index (χ0v) is 20.4. The van der Waals surface area contributed by atoms with Crippen molar-refractivity contribution in [2.24, 2.45) is 0 Å². The molecule has 1 atom stereocenters. The molecule has 0 aliphatic heterocycles. The number of hydrogen-bond donors (Lipinski definition) is 1. The number of benzene rings is 2. The summed E-state index contributed by atoms with van der Waals surface area (Å²) in [5.74, 6) is 0.851. The highest BCUT2D eigenvalue weighted by Crippen LogP contribution is 2.26. The van der Waals surface area contributed by atoms with Gasteiger partial charge in [0.1, 0.15) is 17.5 Å². The van der Waals surface area contributed by atoms with E-state index in [9.17, 15) is 9.59 Å². The van der Waals surface area contributed by atoms with Crippen LogP contribution in [0.4, 0.5) is 0 Å². The van der Waals surface area contributed by atoms with Gasteiger partial charge in [-0.15, -0.1) is 0 Å². The number of hydrogen-bond acceptors (Lipinski definition) is 4. The van der Waals surface area contributed by atoms with Crippen LogP contribution in [0.1, 0.15) is 38.8 Å². The maximum Gasteiger partial charge on any atom is 0.261 e. The van der Waals surface area contributed by atoms with Gasteiger partial charge in [-0.25, -0.2) is 0 Å². The molecule has 0 saturated heterocycles. The lowest BCUT2D eigenvalue weighted by Crippen LogP contribution is -2.50. The molecule has 31 heavy (non-hydrogen) atoms. The molecule has 0 aromatic heterocycles. The summed E-state index contributed by atoms with van der Waals surface area (Å²) in [6, 6.07) is 12.6. The van der Waals surface area contributed by atoms with Crippen molar-refractivity contribution in [1.82, 2.24) is 10.2 Å². The van der Waals surface area contributed by atoms with Gasteiger partial charge in [0.15, 0.2) is 6.61 Å². The summed E-state index contributed by atoms with van der Waals surface area (Å²) in [7, 11) is 1.60. The Balaban J connectivity index is 2.17. The molecule has 2 aromatic carbocycles. The Kier molecular flexibility index (Phi) is 9.37. The number of carbonyl (C=O) groups excluding carboxylic acids is 2. The Morgan fingerprint density at radius 3 is 2.26 bits per heavy atom. The second-order valence-corrected chi connectivity index (χ2v) is 8.47. The first kappa shape index (κ1) is 24.7. The normalized spacial score (nSPS) is 11.7. The average molecular weight is 491 g/mol. The summed E-state index contributed by atoms with van der Waals surface area (Å²) in [4.78, 5) is 27.2. The van der Waals surface area contributed by atoms with Gasteiger partial charge in [-0.1, -0.05) is 25.1 Å². The third-order valence-corrected chi connectivity index (χ3v) is 5.49. The van der Waals surface area contributed by atoms with Crippen molar-refractivity contribution in [3.63, 3.8) is 0 Å². The van der Waals surface area contributed by atoms with E-state index in [0.717, 1.165) is 22.2 Å². The third kappa shape index (κ3) is 7.28. The van der Waals surface area contributed by atoms with E-state index >= 15 is 0 Å². The molecule has 0 heterocycles. The van der Waals surface area contributed by atoms with E-state index in [1.165, 1.54) is 10.5 Å². The minimum absolute atomic E-state index is 0.0165. The summed E-state index contributed by atoms with van der Waals surface area (Å²) in [6.45, 7) is 7.70. The second kappa shape index (κ2) is 11.7. The van der Waals surface area contributed by atoms with E-state index in [1.54, 1.807) is 14.0 Å². The Labute approximate surface area is 193 Å². The largest absolute Gasteiger partial charge is 0.497 e. The molecule has 0 spiro atoms. The number of methoxy groups -OCH3 is 1. The zero-order chi connectivity index (χ0) is 23.0. The van der Waals surface area contributed by atoms with Crippen LogP contribution in [0.5, 0.6) is 11.5 Å². The Morgan fingerprint density at radius 1 is 1.06 bits per heavy atom. The van der Waals surface area contributed by atoms with E-state index in [4.69, 9.17) is 9.47 Å². The van der Waals surface area contributed by atoms with Crippen molar-refractivity contribution in [1.29, 1.82) is 0 Å². The lowest BCUT2D eigenvalue weighted by atomic mass is 10.1. The van der Waals surface area contributed by atoms with Crippen molar-refractivity contribution in [2.45, 2.75) is 52.7 Å². The number of rotatable bonds is 10. The highest BCUT2D eigenvalue weighted by atomic mass is 79.9. The van der Waals surface area contributed by atoms with Crippen LogP contribution in [0, 0.1) is 0 Å². The standard InChI is InChI=1S/C24H31BrN2O4/c1-6-18-9-12-22(21(25)13-18)31-15-23(28)27(17(4)24(29)26-16(2)3)14-19-7-10-20(30-5)11-8-19/h7-13,16-17H,6,14-15H2,1-5H3,(H,26,29)/t17-/m1/s1. The molecule has 0 saturated carbocycles. The van der Waals surface area contributed by atoms with Gasteiger partial charge in [-0.3, -0.25) is 9.59 Å². The highest BCUT2D eigenvalue weighted by Gasteiger charge is 2.27. The van der Waals surface area contributed by atoms with E-state index < -0.39 is 6.04 Å². The fraction of sp³-hybridized carbons (Fsp3) is 0.417. The molecule has 168 valence electrons. The minimum Gasteiger partial charge on any atom is -0.497 e. The predicted octanol–water partition coefficient (Wildman–Crippen LogP) is 4.34. The number of carbonyl (C=O) groups is 2. The first-order valence-electron chi connectivity index (χ1n) is 10.4. The summed E-state index contributed by atoms with van der Waals surface area (Å²) in [5.41, 5.74) is 2.07. The van der Waals surface area contributed by atoms with Crippen molar-refractivity contribution >= 4 is 27.7 Å². The van der Waals surface area contributed by atoms with Crippen molar-refractivity contribution in [2.75, 3.05) is 13.7 Å². The zero-order valence-electron chi connectivity index (χ0n) is 18.8. The molecule has 0 radical (unpaired) electrons. The summed E-state index contributed by atoms with van der Waals surface area (Å²) < 4.78 is 11.8. The van der Waals surface area contributed by atoms with Crippen LogP contribution in [0.15, 0.2) is 46.9 Å². The van der Waals surface area contributed by atoms with E-state index in [1.807, 2.05) is 56.3 Å². The molecule has 6 nitrogen and oxygen atoms in total. The Hall–Kier alpha value is -2.54. The van der Waals surface area contributed by atoms with Gasteiger partial charge in [0, 0.05) is 12.6 Å². The molecule has 1 N–H and O–H groups in total. The fourth-order valence-corrected chi connectivity index (χ4v) is 3.56. The maximum atomic E-state index is 13.1. The lowest BCUT2D eigenvalue weighted by Gasteiger charge is -2.29. The molecule has 0 fully saturated rings. The number of halogens is 1. The van der Waals surface area contributed by atoms with Crippen LogP contribution in [0.3, 0.4) is 0 Å². The van der Waals surface area contributed by atoms with Gasteiger partial charge in [0.2, 0.25) is 5.91 Å². The fourth-order valence-electron chi connectivity index (χ4n) is 3.02. The number of aryl methyl sites for hydroxylation is 1. The number of nitrogens with one attached hydrogen (secondary N) is 1. The van der Waals surface area contributed by atoms with Crippen LogP contribution in [0.25, 0.3) is 0 Å².